The number of aliphatic hydroxyl groups excluding tert-OH is 1. The first-order valence-electron chi connectivity index (χ1n) is 12.2. The van der Waals surface area contributed by atoms with Gasteiger partial charge < -0.3 is 9.84 Å². The largest absolute Gasteiger partial charge is 0.468 e. The van der Waals surface area contributed by atoms with Gasteiger partial charge in [0.1, 0.15) is 5.41 Å². The summed E-state index contributed by atoms with van der Waals surface area (Å²) in [4.78, 5) is 13.8. The second kappa shape index (κ2) is 8.66. The normalized spacial score (nSPS) is 24.1. The van der Waals surface area contributed by atoms with E-state index in [9.17, 15) is 9.90 Å². The molecule has 3 nitrogen and oxygen atoms in total. The summed E-state index contributed by atoms with van der Waals surface area (Å²) in [6.07, 6.45) is 3.92. The maximum atomic E-state index is 13.8. The molecule has 3 aromatic rings. The highest BCUT2D eigenvalue weighted by atomic mass is 16.5. The molecule has 0 spiro atoms. The standard InChI is InChI=1S/C32H32O3/c1-19-10-20(2)13-23(12-19)16-28-25-8-6-7-9-26(25)29-17-30(33)27(18-32(28,29)31(34)35-5)24-14-21(3)11-22(4)15-24/h6-16,18,29-30,33H,17H2,1-5H3/b28-16+/t29-,30+,32-/m1/s1. The van der Waals surface area contributed by atoms with Crippen LogP contribution in [0.2, 0.25) is 0 Å². The van der Waals surface area contributed by atoms with Crippen LogP contribution < -0.4 is 0 Å². The smallest absolute Gasteiger partial charge is 0.320 e. The second-order valence-electron chi connectivity index (χ2n) is 10.2. The van der Waals surface area contributed by atoms with E-state index in [2.05, 4.69) is 82.3 Å². The van der Waals surface area contributed by atoms with Crippen molar-refractivity contribution in [3.63, 3.8) is 0 Å². The molecule has 178 valence electrons. The topological polar surface area (TPSA) is 46.5 Å². The van der Waals surface area contributed by atoms with Crippen molar-refractivity contribution in [2.24, 2.45) is 5.41 Å². The van der Waals surface area contributed by atoms with E-state index >= 15 is 0 Å². The molecule has 2 aliphatic rings. The Morgan fingerprint density at radius 1 is 0.943 bits per heavy atom. The molecule has 0 amide bonds. The Morgan fingerprint density at radius 2 is 1.54 bits per heavy atom. The summed E-state index contributed by atoms with van der Waals surface area (Å²) in [7, 11) is 1.46. The molecule has 0 unspecified atom stereocenters. The fraction of sp³-hybridized carbons (Fsp3) is 0.281. The summed E-state index contributed by atoms with van der Waals surface area (Å²) in [5.41, 5.74) is 9.47. The summed E-state index contributed by atoms with van der Waals surface area (Å²) >= 11 is 0. The van der Waals surface area contributed by atoms with Crippen molar-refractivity contribution in [1.82, 2.24) is 0 Å². The van der Waals surface area contributed by atoms with Gasteiger partial charge in [0, 0.05) is 5.92 Å². The number of hydrogen-bond donors (Lipinski definition) is 1. The lowest BCUT2D eigenvalue weighted by Crippen LogP contribution is -2.39. The van der Waals surface area contributed by atoms with E-state index in [4.69, 9.17) is 4.74 Å². The predicted molar refractivity (Wildman–Crippen MR) is 142 cm³/mol. The molecular formula is C32H32O3. The molecule has 3 atom stereocenters. The van der Waals surface area contributed by atoms with Crippen molar-refractivity contribution in [3.8, 4) is 0 Å². The Balaban J connectivity index is 1.82. The van der Waals surface area contributed by atoms with Crippen molar-refractivity contribution in [2.45, 2.75) is 46.1 Å². The van der Waals surface area contributed by atoms with Crippen LogP contribution in [0.25, 0.3) is 17.2 Å². The lowest BCUT2D eigenvalue weighted by atomic mass is 9.65. The Labute approximate surface area is 207 Å². The van der Waals surface area contributed by atoms with E-state index in [1.54, 1.807) is 0 Å². The summed E-state index contributed by atoms with van der Waals surface area (Å²) in [5.74, 6) is -0.490. The van der Waals surface area contributed by atoms with Crippen molar-refractivity contribution < 1.29 is 14.6 Å². The number of ether oxygens (including phenoxy) is 1. The molecule has 0 saturated heterocycles. The van der Waals surface area contributed by atoms with Gasteiger partial charge in [0.25, 0.3) is 0 Å². The minimum Gasteiger partial charge on any atom is -0.468 e. The molecule has 3 aromatic carbocycles. The first-order valence-corrected chi connectivity index (χ1v) is 12.2. The highest BCUT2D eigenvalue weighted by molar-refractivity contribution is 6.07. The Kier molecular flexibility index (Phi) is 5.77. The van der Waals surface area contributed by atoms with Gasteiger partial charge >= 0.3 is 5.97 Å². The summed E-state index contributed by atoms with van der Waals surface area (Å²) in [6.45, 7) is 8.29. The van der Waals surface area contributed by atoms with E-state index in [0.29, 0.717) is 6.42 Å². The molecule has 35 heavy (non-hydrogen) atoms. The number of hydrogen-bond acceptors (Lipinski definition) is 3. The molecule has 0 bridgehead atoms. The van der Waals surface area contributed by atoms with Gasteiger partial charge in [-0.2, -0.15) is 0 Å². The number of rotatable bonds is 3. The fourth-order valence-electron chi connectivity index (χ4n) is 6.24. The molecule has 3 heteroatoms. The van der Waals surface area contributed by atoms with Gasteiger partial charge in [0.15, 0.2) is 0 Å². The SMILES string of the molecule is COC(=O)[C@@]12C=C(c3cc(C)cc(C)c3)[C@@H](O)C[C@@H]1c1ccccc1/C2=C\c1cc(C)cc(C)c1. The quantitative estimate of drug-likeness (QED) is 0.446. The number of aryl methyl sites for hydroxylation is 4. The van der Waals surface area contributed by atoms with Crippen molar-refractivity contribution in [2.75, 3.05) is 7.11 Å². The molecule has 0 fully saturated rings. The monoisotopic (exact) mass is 464 g/mol. The van der Waals surface area contributed by atoms with Crippen LogP contribution in [-0.2, 0) is 9.53 Å². The highest BCUT2D eigenvalue weighted by Gasteiger charge is 2.57. The maximum absolute atomic E-state index is 13.8. The molecule has 5 rings (SSSR count). The van der Waals surface area contributed by atoms with Crippen LogP contribution in [0, 0.1) is 33.1 Å². The first-order chi connectivity index (χ1) is 16.7. The molecular weight excluding hydrogens is 432 g/mol. The van der Waals surface area contributed by atoms with Gasteiger partial charge in [0.2, 0.25) is 0 Å². The minimum atomic E-state index is -1.01. The number of methoxy groups -OCH3 is 1. The van der Waals surface area contributed by atoms with Crippen molar-refractivity contribution in [3.05, 3.63) is 111 Å². The van der Waals surface area contributed by atoms with E-state index < -0.39 is 11.5 Å². The van der Waals surface area contributed by atoms with Crippen LogP contribution in [0.4, 0.5) is 0 Å². The number of carbonyl (C=O) groups excluding carboxylic acids is 1. The van der Waals surface area contributed by atoms with Crippen molar-refractivity contribution in [1.29, 1.82) is 0 Å². The van der Waals surface area contributed by atoms with Crippen LogP contribution in [0.5, 0.6) is 0 Å². The Hall–Kier alpha value is -3.43. The third-order valence-corrected chi connectivity index (χ3v) is 7.46. The van der Waals surface area contributed by atoms with Crippen LogP contribution in [0.15, 0.2) is 66.7 Å². The predicted octanol–water partition coefficient (Wildman–Crippen LogP) is 6.57. The summed E-state index contributed by atoms with van der Waals surface area (Å²) in [5, 5.41) is 11.4. The number of aliphatic hydroxyl groups is 1. The molecule has 0 heterocycles. The third-order valence-electron chi connectivity index (χ3n) is 7.46. The number of esters is 1. The molecule has 0 radical (unpaired) electrons. The van der Waals surface area contributed by atoms with E-state index in [-0.39, 0.29) is 11.9 Å². The zero-order chi connectivity index (χ0) is 24.9. The summed E-state index contributed by atoms with van der Waals surface area (Å²) < 4.78 is 5.50. The highest BCUT2D eigenvalue weighted by Crippen LogP contribution is 2.62. The molecule has 0 saturated carbocycles. The van der Waals surface area contributed by atoms with E-state index in [0.717, 1.165) is 44.5 Å². The molecule has 0 aromatic heterocycles. The lowest BCUT2D eigenvalue weighted by molar-refractivity contribution is -0.148. The van der Waals surface area contributed by atoms with Gasteiger partial charge in [-0.25, -0.2) is 0 Å². The van der Waals surface area contributed by atoms with Crippen LogP contribution in [-0.4, -0.2) is 24.3 Å². The number of benzene rings is 3. The van der Waals surface area contributed by atoms with Crippen LogP contribution >= 0.6 is 0 Å². The summed E-state index contributed by atoms with van der Waals surface area (Å²) in [6, 6.07) is 20.9. The number of carbonyl (C=O) groups is 1. The van der Waals surface area contributed by atoms with Gasteiger partial charge in [-0.15, -0.1) is 0 Å². The Bertz CT molecular complexity index is 1350. The molecule has 2 aliphatic carbocycles. The molecule has 1 N–H and O–H groups in total. The average molecular weight is 465 g/mol. The molecule has 0 aliphatic heterocycles. The van der Waals surface area contributed by atoms with Gasteiger partial charge in [0.05, 0.1) is 13.2 Å². The fourth-order valence-corrected chi connectivity index (χ4v) is 6.24. The van der Waals surface area contributed by atoms with E-state index in [1.807, 2.05) is 18.2 Å². The third kappa shape index (κ3) is 3.84. The zero-order valence-corrected chi connectivity index (χ0v) is 21.1. The lowest BCUT2D eigenvalue weighted by Gasteiger charge is -2.39. The number of fused-ring (bicyclic) bond motifs is 3. The second-order valence-corrected chi connectivity index (χ2v) is 10.2. The van der Waals surface area contributed by atoms with E-state index in [1.165, 1.54) is 18.2 Å². The maximum Gasteiger partial charge on any atom is 0.320 e. The minimum absolute atomic E-state index is 0.201. The van der Waals surface area contributed by atoms with Crippen LogP contribution in [0.1, 0.15) is 56.8 Å². The van der Waals surface area contributed by atoms with Gasteiger partial charge in [-0.1, -0.05) is 89.0 Å². The Morgan fingerprint density at radius 3 is 2.17 bits per heavy atom. The van der Waals surface area contributed by atoms with Crippen LogP contribution in [0.3, 0.4) is 0 Å². The van der Waals surface area contributed by atoms with Gasteiger partial charge in [-0.3, -0.25) is 4.79 Å². The first kappa shape index (κ1) is 23.3. The average Bonchev–Trinajstić information content (AvgIpc) is 3.06. The zero-order valence-electron chi connectivity index (χ0n) is 21.1. The van der Waals surface area contributed by atoms with Crippen molar-refractivity contribution >= 4 is 23.2 Å². The van der Waals surface area contributed by atoms with Gasteiger partial charge in [-0.05, 0) is 73.6 Å².